The highest BCUT2D eigenvalue weighted by Crippen LogP contribution is 2.41. The van der Waals surface area contributed by atoms with Crippen molar-refractivity contribution in [3.63, 3.8) is 0 Å². The molecule has 1 N–H and O–H groups in total. The average molecular weight is 450 g/mol. The Morgan fingerprint density at radius 3 is 2.74 bits per heavy atom. The van der Waals surface area contributed by atoms with Crippen molar-refractivity contribution in [3.05, 3.63) is 59.7 Å². The van der Waals surface area contributed by atoms with Crippen molar-refractivity contribution >= 4 is 23.5 Å². The summed E-state index contributed by atoms with van der Waals surface area (Å²) in [5.74, 6) is -2.34. The SMILES string of the molecule is O=C(N[C@H](c1cn2nc(CCl)cnc2n1)C1CCC(F)(F)CC1)OCc1ccccc1. The van der Waals surface area contributed by atoms with E-state index >= 15 is 0 Å². The number of alkyl halides is 3. The lowest BCUT2D eigenvalue weighted by molar-refractivity contribution is -0.0497. The van der Waals surface area contributed by atoms with Crippen LogP contribution in [0.2, 0.25) is 0 Å². The highest BCUT2D eigenvalue weighted by Gasteiger charge is 2.39. The molecule has 1 aromatic carbocycles. The molecule has 0 radical (unpaired) electrons. The number of benzene rings is 1. The molecule has 4 rings (SSSR count). The topological polar surface area (TPSA) is 81.4 Å². The van der Waals surface area contributed by atoms with E-state index in [4.69, 9.17) is 16.3 Å². The first-order valence-corrected chi connectivity index (χ1v) is 10.6. The van der Waals surface area contributed by atoms with Gasteiger partial charge in [-0.3, -0.25) is 0 Å². The number of imidazole rings is 1. The Bertz CT molecular complexity index is 1040. The molecule has 1 atom stereocenters. The van der Waals surface area contributed by atoms with E-state index in [0.29, 0.717) is 17.2 Å². The van der Waals surface area contributed by atoms with E-state index in [1.165, 1.54) is 10.7 Å². The van der Waals surface area contributed by atoms with Crippen LogP contribution in [0, 0.1) is 5.92 Å². The second-order valence-electron chi connectivity index (χ2n) is 7.67. The number of halogens is 3. The maximum absolute atomic E-state index is 13.7. The molecule has 0 spiro atoms. The van der Waals surface area contributed by atoms with Crippen molar-refractivity contribution in [1.29, 1.82) is 0 Å². The van der Waals surface area contributed by atoms with Crippen molar-refractivity contribution in [2.45, 2.75) is 50.1 Å². The fourth-order valence-corrected chi connectivity index (χ4v) is 3.89. The van der Waals surface area contributed by atoms with E-state index in [0.717, 1.165) is 5.56 Å². The number of carbonyl (C=O) groups is 1. The van der Waals surface area contributed by atoms with Gasteiger partial charge in [-0.05, 0) is 24.3 Å². The Hall–Kier alpha value is -2.81. The van der Waals surface area contributed by atoms with E-state index in [1.54, 1.807) is 6.20 Å². The zero-order valence-electron chi connectivity index (χ0n) is 16.7. The summed E-state index contributed by atoms with van der Waals surface area (Å²) in [5.41, 5.74) is 1.92. The third-order valence-electron chi connectivity index (χ3n) is 5.43. The molecule has 0 bridgehead atoms. The van der Waals surface area contributed by atoms with Crippen molar-refractivity contribution in [1.82, 2.24) is 24.9 Å². The monoisotopic (exact) mass is 449 g/mol. The van der Waals surface area contributed by atoms with Crippen LogP contribution in [0.15, 0.2) is 42.7 Å². The number of rotatable bonds is 6. The number of carbonyl (C=O) groups excluding carboxylic acids is 1. The lowest BCUT2D eigenvalue weighted by Gasteiger charge is -2.33. The summed E-state index contributed by atoms with van der Waals surface area (Å²) in [6, 6.07) is 8.69. The third kappa shape index (κ3) is 5.28. The summed E-state index contributed by atoms with van der Waals surface area (Å²) in [7, 11) is 0. The van der Waals surface area contributed by atoms with E-state index in [1.807, 2.05) is 30.3 Å². The average Bonchev–Trinajstić information content (AvgIpc) is 3.20. The molecule has 2 heterocycles. The highest BCUT2D eigenvalue weighted by molar-refractivity contribution is 6.16. The van der Waals surface area contributed by atoms with Gasteiger partial charge >= 0.3 is 6.09 Å². The second-order valence-corrected chi connectivity index (χ2v) is 7.94. The molecule has 3 aromatic rings. The van der Waals surface area contributed by atoms with Crippen molar-refractivity contribution < 1.29 is 18.3 Å². The number of nitrogens with one attached hydrogen (secondary N) is 1. The molecule has 164 valence electrons. The maximum atomic E-state index is 13.7. The largest absolute Gasteiger partial charge is 0.445 e. The van der Waals surface area contributed by atoms with E-state index in [2.05, 4.69) is 20.4 Å². The molecular formula is C21H22ClF2N5O2. The molecule has 2 aromatic heterocycles. The van der Waals surface area contributed by atoms with Crippen LogP contribution in [0.4, 0.5) is 13.6 Å². The fraction of sp³-hybridized carbons (Fsp3) is 0.429. The summed E-state index contributed by atoms with van der Waals surface area (Å²) in [6.07, 6.45) is 2.61. The molecule has 31 heavy (non-hydrogen) atoms. The Kier molecular flexibility index (Phi) is 6.31. The minimum absolute atomic E-state index is 0.107. The zero-order valence-corrected chi connectivity index (χ0v) is 17.4. The van der Waals surface area contributed by atoms with Gasteiger partial charge < -0.3 is 10.1 Å². The summed E-state index contributed by atoms with van der Waals surface area (Å²) in [4.78, 5) is 21.2. The van der Waals surface area contributed by atoms with Crippen LogP contribution in [0.3, 0.4) is 0 Å². The first-order valence-electron chi connectivity index (χ1n) is 10.1. The van der Waals surface area contributed by atoms with Gasteiger partial charge in [0.15, 0.2) is 0 Å². The van der Waals surface area contributed by atoms with E-state index in [9.17, 15) is 13.6 Å². The molecule has 1 saturated carbocycles. The number of nitrogens with zero attached hydrogens (tertiary/aromatic N) is 4. The van der Waals surface area contributed by atoms with Gasteiger partial charge in [0.05, 0.1) is 35.7 Å². The van der Waals surface area contributed by atoms with Gasteiger partial charge in [0.1, 0.15) is 6.61 Å². The molecule has 7 nitrogen and oxygen atoms in total. The summed E-state index contributed by atoms with van der Waals surface area (Å²) in [5, 5.41) is 7.14. The normalized spacial score (nSPS) is 17.4. The van der Waals surface area contributed by atoms with Gasteiger partial charge in [-0.1, -0.05) is 30.3 Å². The number of amides is 1. The van der Waals surface area contributed by atoms with Crippen LogP contribution in [-0.2, 0) is 17.2 Å². The zero-order chi connectivity index (χ0) is 21.8. The Labute approximate surface area is 182 Å². The van der Waals surface area contributed by atoms with Crippen LogP contribution in [0.1, 0.15) is 48.7 Å². The molecule has 1 aliphatic carbocycles. The molecule has 10 heteroatoms. The van der Waals surface area contributed by atoms with Crippen LogP contribution in [0.25, 0.3) is 5.78 Å². The Balaban J connectivity index is 1.53. The minimum atomic E-state index is -2.67. The van der Waals surface area contributed by atoms with Gasteiger partial charge in [0.25, 0.3) is 5.78 Å². The number of hydrogen-bond donors (Lipinski definition) is 1. The molecular weight excluding hydrogens is 428 g/mol. The number of aromatic nitrogens is 4. The van der Waals surface area contributed by atoms with Gasteiger partial charge in [0, 0.05) is 12.8 Å². The third-order valence-corrected chi connectivity index (χ3v) is 5.70. The van der Waals surface area contributed by atoms with Crippen LogP contribution < -0.4 is 5.32 Å². The molecule has 0 saturated heterocycles. The van der Waals surface area contributed by atoms with E-state index < -0.39 is 18.1 Å². The lowest BCUT2D eigenvalue weighted by atomic mass is 9.81. The fourth-order valence-electron chi connectivity index (χ4n) is 3.77. The number of hydrogen-bond acceptors (Lipinski definition) is 5. The predicted molar refractivity (Wildman–Crippen MR) is 110 cm³/mol. The Morgan fingerprint density at radius 2 is 2.03 bits per heavy atom. The summed E-state index contributed by atoms with van der Waals surface area (Å²) >= 11 is 5.82. The molecule has 0 unspecified atom stereocenters. The van der Waals surface area contributed by atoms with Crippen molar-refractivity contribution in [2.24, 2.45) is 5.92 Å². The number of ether oxygens (including phenoxy) is 1. The van der Waals surface area contributed by atoms with Gasteiger partial charge in [-0.25, -0.2) is 28.1 Å². The second kappa shape index (κ2) is 9.13. The van der Waals surface area contributed by atoms with Crippen LogP contribution >= 0.6 is 11.6 Å². The predicted octanol–water partition coefficient (Wildman–Crippen LogP) is 4.66. The smallest absolute Gasteiger partial charge is 0.408 e. The first kappa shape index (κ1) is 21.4. The van der Waals surface area contributed by atoms with Gasteiger partial charge in [-0.15, -0.1) is 11.6 Å². The lowest BCUT2D eigenvalue weighted by Crippen LogP contribution is -2.37. The minimum Gasteiger partial charge on any atom is -0.445 e. The highest BCUT2D eigenvalue weighted by atomic mass is 35.5. The maximum Gasteiger partial charge on any atom is 0.408 e. The van der Waals surface area contributed by atoms with Gasteiger partial charge in [-0.2, -0.15) is 5.10 Å². The van der Waals surface area contributed by atoms with Crippen LogP contribution in [0.5, 0.6) is 0 Å². The molecule has 1 fully saturated rings. The quantitative estimate of drug-likeness (QED) is 0.554. The standard InChI is InChI=1S/C21H22ClF2N5O2/c22-10-16-11-25-19-26-17(12-29(19)28-16)18(15-6-8-21(23,24)9-7-15)27-20(30)31-13-14-4-2-1-3-5-14/h1-5,11-12,15,18H,6-10,13H2,(H,27,30)/t18-/m0/s1. The molecule has 1 aliphatic rings. The number of alkyl carbamates (subject to hydrolysis) is 1. The summed E-state index contributed by atoms with van der Waals surface area (Å²) < 4.78 is 34.2. The van der Waals surface area contributed by atoms with E-state index in [-0.39, 0.29) is 44.1 Å². The molecule has 1 amide bonds. The van der Waals surface area contributed by atoms with Crippen molar-refractivity contribution in [2.75, 3.05) is 0 Å². The number of fused-ring (bicyclic) bond motifs is 1. The summed E-state index contributed by atoms with van der Waals surface area (Å²) in [6.45, 7) is 0.107. The van der Waals surface area contributed by atoms with Crippen LogP contribution in [-0.4, -0.2) is 31.6 Å². The Morgan fingerprint density at radius 1 is 1.29 bits per heavy atom. The molecule has 0 aliphatic heterocycles. The van der Waals surface area contributed by atoms with Gasteiger partial charge in [0.2, 0.25) is 5.92 Å². The van der Waals surface area contributed by atoms with Crippen molar-refractivity contribution in [3.8, 4) is 0 Å². The first-order chi connectivity index (χ1) is 14.9.